The van der Waals surface area contributed by atoms with E-state index in [0.29, 0.717) is 27.7 Å². The van der Waals surface area contributed by atoms with Gasteiger partial charge in [-0.1, -0.05) is 11.6 Å². The van der Waals surface area contributed by atoms with Gasteiger partial charge < -0.3 is 24.7 Å². The molecule has 0 spiro atoms. The minimum atomic E-state index is -0.548. The van der Waals surface area contributed by atoms with Gasteiger partial charge in [-0.2, -0.15) is 0 Å². The van der Waals surface area contributed by atoms with Crippen molar-refractivity contribution in [3.8, 4) is 11.4 Å². The van der Waals surface area contributed by atoms with Crippen molar-refractivity contribution in [2.75, 3.05) is 26.1 Å². The zero-order valence-corrected chi connectivity index (χ0v) is 17.6. The standard InChI is InChI=1S/C22H20ClN3O5/c1-30-19-12-18(26-9-3-4-10-26)17(23)11-16(19)22(29)25-15-7-5-14(6-8-15)21(28)24-13-20(27)31-2/h3-12H,13H2,1-2H3,(H,24,28)(H,25,29). The maximum absolute atomic E-state index is 12.8. The van der Waals surface area contributed by atoms with Crippen molar-refractivity contribution in [3.63, 3.8) is 0 Å². The molecule has 0 bridgehead atoms. The summed E-state index contributed by atoms with van der Waals surface area (Å²) in [6.45, 7) is -0.229. The van der Waals surface area contributed by atoms with Gasteiger partial charge in [-0.15, -0.1) is 0 Å². The molecule has 0 unspecified atom stereocenters. The van der Waals surface area contributed by atoms with Crippen molar-refractivity contribution in [2.24, 2.45) is 0 Å². The first-order chi connectivity index (χ1) is 14.9. The number of benzene rings is 2. The first-order valence-electron chi connectivity index (χ1n) is 9.20. The minimum absolute atomic E-state index is 0.229. The number of halogens is 1. The fourth-order valence-electron chi connectivity index (χ4n) is 2.81. The molecule has 8 nitrogen and oxygen atoms in total. The molecule has 0 fully saturated rings. The van der Waals surface area contributed by atoms with E-state index in [0.717, 1.165) is 0 Å². The molecule has 0 saturated heterocycles. The molecule has 1 aromatic heterocycles. The van der Waals surface area contributed by atoms with Gasteiger partial charge in [0.25, 0.3) is 11.8 Å². The maximum atomic E-state index is 12.8. The predicted molar refractivity (Wildman–Crippen MR) is 116 cm³/mol. The largest absolute Gasteiger partial charge is 0.496 e. The summed E-state index contributed by atoms with van der Waals surface area (Å²) >= 11 is 6.38. The lowest BCUT2D eigenvalue weighted by Gasteiger charge is -2.14. The van der Waals surface area contributed by atoms with Crippen LogP contribution >= 0.6 is 11.6 Å². The van der Waals surface area contributed by atoms with Gasteiger partial charge in [-0.05, 0) is 42.5 Å². The molecule has 31 heavy (non-hydrogen) atoms. The number of carbonyl (C=O) groups is 3. The summed E-state index contributed by atoms with van der Waals surface area (Å²) in [7, 11) is 2.71. The SMILES string of the molecule is COC(=O)CNC(=O)c1ccc(NC(=O)c2cc(Cl)c(-n3cccc3)cc2OC)cc1. The highest BCUT2D eigenvalue weighted by Gasteiger charge is 2.17. The van der Waals surface area contributed by atoms with E-state index in [1.54, 1.807) is 24.3 Å². The molecule has 1 heterocycles. The number of esters is 1. The van der Waals surface area contributed by atoms with E-state index < -0.39 is 17.8 Å². The Morgan fingerprint density at radius 1 is 1.00 bits per heavy atom. The first-order valence-corrected chi connectivity index (χ1v) is 9.58. The predicted octanol–water partition coefficient (Wildman–Crippen LogP) is 3.29. The lowest BCUT2D eigenvalue weighted by atomic mass is 10.1. The molecule has 0 aliphatic rings. The summed E-state index contributed by atoms with van der Waals surface area (Å²) in [6.07, 6.45) is 3.67. The average molecular weight is 442 g/mol. The molecular formula is C22H20ClN3O5. The number of nitrogens with zero attached hydrogens (tertiary/aromatic N) is 1. The van der Waals surface area contributed by atoms with Crippen LogP contribution in [0.3, 0.4) is 0 Å². The Labute approximate surface area is 183 Å². The summed E-state index contributed by atoms with van der Waals surface area (Å²) in [4.78, 5) is 35.9. The third kappa shape index (κ3) is 5.23. The van der Waals surface area contributed by atoms with Crippen LogP contribution in [0.2, 0.25) is 5.02 Å². The molecule has 0 radical (unpaired) electrons. The second-order valence-electron chi connectivity index (χ2n) is 6.38. The van der Waals surface area contributed by atoms with Gasteiger partial charge in [0.15, 0.2) is 0 Å². The Bertz CT molecular complexity index is 1100. The molecule has 0 saturated carbocycles. The molecular weight excluding hydrogens is 422 g/mol. The van der Waals surface area contributed by atoms with Crippen LogP contribution in [0.15, 0.2) is 60.9 Å². The second kappa shape index (κ2) is 9.82. The maximum Gasteiger partial charge on any atom is 0.325 e. The molecule has 0 aliphatic heterocycles. The third-order valence-corrected chi connectivity index (χ3v) is 4.72. The molecule has 2 amide bonds. The van der Waals surface area contributed by atoms with Crippen LogP contribution in [0, 0.1) is 0 Å². The number of methoxy groups -OCH3 is 2. The monoisotopic (exact) mass is 441 g/mol. The van der Waals surface area contributed by atoms with E-state index >= 15 is 0 Å². The number of hydrogen-bond donors (Lipinski definition) is 2. The number of ether oxygens (including phenoxy) is 2. The van der Waals surface area contributed by atoms with Crippen LogP contribution < -0.4 is 15.4 Å². The Kier molecular flexibility index (Phi) is 6.94. The van der Waals surface area contributed by atoms with Crippen molar-refractivity contribution in [1.29, 1.82) is 0 Å². The van der Waals surface area contributed by atoms with Crippen molar-refractivity contribution in [1.82, 2.24) is 9.88 Å². The molecule has 0 aliphatic carbocycles. The summed E-state index contributed by atoms with van der Waals surface area (Å²) in [5, 5.41) is 5.58. The number of rotatable bonds is 7. The highest BCUT2D eigenvalue weighted by molar-refractivity contribution is 6.33. The molecule has 160 valence electrons. The van der Waals surface area contributed by atoms with Crippen LogP contribution in [0.1, 0.15) is 20.7 Å². The highest BCUT2D eigenvalue weighted by Crippen LogP contribution is 2.30. The van der Waals surface area contributed by atoms with E-state index in [2.05, 4.69) is 15.4 Å². The molecule has 3 aromatic rings. The van der Waals surface area contributed by atoms with Gasteiger partial charge in [0.05, 0.1) is 30.5 Å². The molecule has 3 rings (SSSR count). The van der Waals surface area contributed by atoms with E-state index in [9.17, 15) is 14.4 Å². The lowest BCUT2D eigenvalue weighted by Crippen LogP contribution is -2.30. The second-order valence-corrected chi connectivity index (χ2v) is 6.79. The lowest BCUT2D eigenvalue weighted by molar-refractivity contribution is -0.139. The topological polar surface area (TPSA) is 98.7 Å². The van der Waals surface area contributed by atoms with Crippen molar-refractivity contribution in [2.45, 2.75) is 0 Å². The highest BCUT2D eigenvalue weighted by atomic mass is 35.5. The average Bonchev–Trinajstić information content (AvgIpc) is 3.32. The summed E-state index contributed by atoms with van der Waals surface area (Å²) < 4.78 is 11.7. The minimum Gasteiger partial charge on any atom is -0.496 e. The number of hydrogen-bond acceptors (Lipinski definition) is 5. The Morgan fingerprint density at radius 3 is 2.29 bits per heavy atom. The van der Waals surface area contributed by atoms with Crippen LogP contribution in [0.4, 0.5) is 5.69 Å². The van der Waals surface area contributed by atoms with E-state index in [-0.39, 0.29) is 12.1 Å². The third-order valence-electron chi connectivity index (χ3n) is 4.42. The Morgan fingerprint density at radius 2 is 1.68 bits per heavy atom. The number of aromatic nitrogens is 1. The van der Waals surface area contributed by atoms with Crippen LogP contribution in [0.25, 0.3) is 5.69 Å². The van der Waals surface area contributed by atoms with Crippen molar-refractivity contribution < 1.29 is 23.9 Å². The molecule has 0 atom stereocenters. The fraction of sp³-hybridized carbons (Fsp3) is 0.136. The van der Waals surface area contributed by atoms with Gasteiger partial charge in [0, 0.05) is 29.7 Å². The molecule has 2 aromatic carbocycles. The Hall–Kier alpha value is -3.78. The fourth-order valence-corrected chi connectivity index (χ4v) is 3.07. The zero-order valence-electron chi connectivity index (χ0n) is 16.8. The number of amides is 2. The van der Waals surface area contributed by atoms with Gasteiger partial charge in [-0.3, -0.25) is 14.4 Å². The smallest absolute Gasteiger partial charge is 0.325 e. The Balaban J connectivity index is 1.73. The normalized spacial score (nSPS) is 10.3. The van der Waals surface area contributed by atoms with Crippen LogP contribution in [-0.4, -0.2) is 43.1 Å². The van der Waals surface area contributed by atoms with Gasteiger partial charge in [0.1, 0.15) is 12.3 Å². The number of nitrogens with one attached hydrogen (secondary N) is 2. The van der Waals surface area contributed by atoms with Gasteiger partial charge in [0.2, 0.25) is 0 Å². The van der Waals surface area contributed by atoms with E-state index in [1.807, 2.05) is 29.1 Å². The quantitative estimate of drug-likeness (QED) is 0.548. The number of anilines is 1. The number of carbonyl (C=O) groups excluding carboxylic acids is 3. The van der Waals surface area contributed by atoms with E-state index in [1.165, 1.54) is 26.4 Å². The summed E-state index contributed by atoms with van der Waals surface area (Å²) in [6, 6.07) is 13.2. The van der Waals surface area contributed by atoms with Crippen LogP contribution in [-0.2, 0) is 9.53 Å². The molecule has 2 N–H and O–H groups in total. The van der Waals surface area contributed by atoms with Gasteiger partial charge >= 0.3 is 5.97 Å². The summed E-state index contributed by atoms with van der Waals surface area (Å²) in [5.74, 6) is -1.03. The van der Waals surface area contributed by atoms with Gasteiger partial charge in [-0.25, -0.2) is 0 Å². The molecule has 9 heteroatoms. The zero-order chi connectivity index (χ0) is 22.4. The first kappa shape index (κ1) is 21.9. The van der Waals surface area contributed by atoms with Crippen LogP contribution in [0.5, 0.6) is 5.75 Å². The van der Waals surface area contributed by atoms with Crippen molar-refractivity contribution in [3.05, 3.63) is 77.1 Å². The van der Waals surface area contributed by atoms with Crippen molar-refractivity contribution >= 4 is 35.1 Å². The van der Waals surface area contributed by atoms with E-state index in [4.69, 9.17) is 16.3 Å². The summed E-state index contributed by atoms with van der Waals surface area (Å²) in [5.41, 5.74) is 1.76.